The highest BCUT2D eigenvalue weighted by molar-refractivity contribution is 5.96. The lowest BCUT2D eigenvalue weighted by atomic mass is 10.0. The molecule has 2 aromatic carbocycles. The van der Waals surface area contributed by atoms with Crippen LogP contribution in [0.4, 0.5) is 10.1 Å². The van der Waals surface area contributed by atoms with Crippen molar-refractivity contribution in [2.75, 3.05) is 5.32 Å². The van der Waals surface area contributed by atoms with E-state index < -0.39 is 5.97 Å². The number of aryl methyl sites for hydroxylation is 1. The van der Waals surface area contributed by atoms with Gasteiger partial charge in [-0.2, -0.15) is 0 Å². The number of hydrogen-bond donors (Lipinski definition) is 1. The molecule has 0 aliphatic carbocycles. The molecule has 0 saturated heterocycles. The van der Waals surface area contributed by atoms with E-state index in [9.17, 15) is 14.0 Å². The Morgan fingerprint density at radius 1 is 1.18 bits per heavy atom. The number of amides is 1. The summed E-state index contributed by atoms with van der Waals surface area (Å²) < 4.78 is 18.2. The van der Waals surface area contributed by atoms with Crippen molar-refractivity contribution in [2.45, 2.75) is 19.4 Å². The lowest BCUT2D eigenvalue weighted by molar-refractivity contribution is -0.116. The van der Waals surface area contributed by atoms with E-state index >= 15 is 0 Å². The predicted molar refractivity (Wildman–Crippen MR) is 78.9 cm³/mol. The van der Waals surface area contributed by atoms with E-state index in [4.69, 9.17) is 4.74 Å². The van der Waals surface area contributed by atoms with Gasteiger partial charge in [0, 0.05) is 12.1 Å². The molecule has 1 heterocycles. The van der Waals surface area contributed by atoms with Gasteiger partial charge in [0.2, 0.25) is 5.91 Å². The van der Waals surface area contributed by atoms with E-state index in [1.807, 2.05) is 0 Å². The molecular formula is C17H14FNO3. The fraction of sp³-hybridized carbons (Fsp3) is 0.176. The number of anilines is 1. The highest BCUT2D eigenvalue weighted by atomic mass is 19.1. The van der Waals surface area contributed by atoms with Crippen molar-refractivity contribution >= 4 is 17.6 Å². The van der Waals surface area contributed by atoms with Crippen molar-refractivity contribution in [3.05, 3.63) is 65.0 Å². The number of benzene rings is 2. The van der Waals surface area contributed by atoms with E-state index in [0.29, 0.717) is 24.0 Å². The van der Waals surface area contributed by atoms with Crippen LogP contribution in [0.15, 0.2) is 42.5 Å². The lowest BCUT2D eigenvalue weighted by Gasteiger charge is -2.17. The molecule has 22 heavy (non-hydrogen) atoms. The molecule has 112 valence electrons. The zero-order valence-electron chi connectivity index (χ0n) is 11.8. The molecular weight excluding hydrogens is 285 g/mol. The van der Waals surface area contributed by atoms with Gasteiger partial charge in [-0.25, -0.2) is 9.18 Å². The number of carbonyl (C=O) groups excluding carboxylic acids is 2. The van der Waals surface area contributed by atoms with Crippen LogP contribution >= 0.6 is 0 Å². The number of halogens is 1. The van der Waals surface area contributed by atoms with Crippen LogP contribution in [0.5, 0.6) is 0 Å². The first kappa shape index (κ1) is 14.3. The number of nitrogens with one attached hydrogen (secondary N) is 1. The van der Waals surface area contributed by atoms with Crippen molar-refractivity contribution < 1.29 is 18.7 Å². The normalized spacial score (nSPS) is 13.2. The van der Waals surface area contributed by atoms with E-state index in [-0.39, 0.29) is 18.3 Å². The summed E-state index contributed by atoms with van der Waals surface area (Å²) in [5, 5.41) is 2.76. The molecule has 2 aromatic rings. The summed E-state index contributed by atoms with van der Waals surface area (Å²) in [4.78, 5) is 23.3. The minimum absolute atomic E-state index is 0.0183. The first-order valence-corrected chi connectivity index (χ1v) is 6.96. The van der Waals surface area contributed by atoms with Gasteiger partial charge in [-0.1, -0.05) is 12.1 Å². The number of ether oxygens (including phenoxy) is 1. The van der Waals surface area contributed by atoms with Crippen LogP contribution in [0.2, 0.25) is 0 Å². The Bertz CT molecular complexity index is 742. The fourth-order valence-corrected chi connectivity index (χ4v) is 2.37. The van der Waals surface area contributed by atoms with Crippen LogP contribution in [-0.2, 0) is 22.6 Å². The average Bonchev–Trinajstić information content (AvgIpc) is 2.52. The Morgan fingerprint density at radius 3 is 2.86 bits per heavy atom. The molecule has 3 rings (SSSR count). The molecule has 1 aliphatic heterocycles. The summed E-state index contributed by atoms with van der Waals surface area (Å²) in [5.74, 6) is -0.851. The first-order valence-electron chi connectivity index (χ1n) is 6.96. The second-order valence-corrected chi connectivity index (χ2v) is 5.13. The third kappa shape index (κ3) is 3.14. The molecule has 5 heteroatoms. The first-order chi connectivity index (χ1) is 10.6. The molecule has 1 N–H and O–H groups in total. The molecule has 1 aliphatic rings. The van der Waals surface area contributed by atoms with Crippen molar-refractivity contribution in [2.24, 2.45) is 0 Å². The van der Waals surface area contributed by atoms with Crippen LogP contribution < -0.4 is 5.32 Å². The van der Waals surface area contributed by atoms with Crippen molar-refractivity contribution in [1.82, 2.24) is 0 Å². The molecule has 0 bridgehead atoms. The third-order valence-corrected chi connectivity index (χ3v) is 3.50. The summed E-state index contributed by atoms with van der Waals surface area (Å²) >= 11 is 0. The molecule has 0 spiro atoms. The lowest BCUT2D eigenvalue weighted by Crippen LogP contribution is -2.19. The van der Waals surface area contributed by atoms with Crippen molar-refractivity contribution in [3.63, 3.8) is 0 Å². The van der Waals surface area contributed by atoms with E-state index in [0.717, 1.165) is 11.3 Å². The SMILES string of the molecule is O=C1CCc2cc(C(=O)OCc3cccc(F)c3)ccc2N1. The van der Waals surface area contributed by atoms with E-state index in [1.165, 1.54) is 12.1 Å². The molecule has 0 saturated carbocycles. The maximum atomic E-state index is 13.1. The van der Waals surface area contributed by atoms with Gasteiger partial charge < -0.3 is 10.1 Å². The van der Waals surface area contributed by atoms with Gasteiger partial charge in [0.25, 0.3) is 0 Å². The molecule has 0 unspecified atom stereocenters. The molecule has 0 fully saturated rings. The zero-order chi connectivity index (χ0) is 15.5. The Kier molecular flexibility index (Phi) is 3.87. The Hall–Kier alpha value is -2.69. The zero-order valence-corrected chi connectivity index (χ0v) is 11.8. The smallest absolute Gasteiger partial charge is 0.338 e. The largest absolute Gasteiger partial charge is 0.457 e. The second kappa shape index (κ2) is 5.97. The highest BCUT2D eigenvalue weighted by Crippen LogP contribution is 2.24. The van der Waals surface area contributed by atoms with E-state index in [2.05, 4.69) is 5.32 Å². The fourth-order valence-electron chi connectivity index (χ4n) is 2.37. The Balaban J connectivity index is 1.69. The number of esters is 1. The number of carbonyl (C=O) groups is 2. The van der Waals surface area contributed by atoms with E-state index in [1.54, 1.807) is 30.3 Å². The minimum atomic E-state index is -0.469. The predicted octanol–water partition coefficient (Wildman–Crippen LogP) is 3.07. The number of hydrogen-bond acceptors (Lipinski definition) is 3. The van der Waals surface area contributed by atoms with Crippen molar-refractivity contribution in [3.8, 4) is 0 Å². The highest BCUT2D eigenvalue weighted by Gasteiger charge is 2.17. The monoisotopic (exact) mass is 299 g/mol. The van der Waals surface area contributed by atoms with Crippen molar-refractivity contribution in [1.29, 1.82) is 0 Å². The second-order valence-electron chi connectivity index (χ2n) is 5.13. The summed E-state index contributed by atoms with van der Waals surface area (Å²) in [6.07, 6.45) is 1.01. The maximum absolute atomic E-state index is 13.1. The van der Waals surface area contributed by atoms with Crippen LogP contribution in [0.25, 0.3) is 0 Å². The Morgan fingerprint density at radius 2 is 2.05 bits per heavy atom. The maximum Gasteiger partial charge on any atom is 0.338 e. The van der Waals surface area contributed by atoms with Crippen LogP contribution in [-0.4, -0.2) is 11.9 Å². The van der Waals surface area contributed by atoms with Gasteiger partial charge in [0.15, 0.2) is 0 Å². The minimum Gasteiger partial charge on any atom is -0.457 e. The van der Waals surface area contributed by atoms with Gasteiger partial charge in [-0.15, -0.1) is 0 Å². The Labute approximate surface area is 126 Å². The molecule has 0 atom stereocenters. The third-order valence-electron chi connectivity index (χ3n) is 3.50. The molecule has 0 aromatic heterocycles. The number of fused-ring (bicyclic) bond motifs is 1. The quantitative estimate of drug-likeness (QED) is 0.886. The summed E-state index contributed by atoms with van der Waals surface area (Å²) in [5.41, 5.74) is 2.67. The van der Waals surface area contributed by atoms with Gasteiger partial charge >= 0.3 is 5.97 Å². The van der Waals surface area contributed by atoms with Gasteiger partial charge in [-0.05, 0) is 47.9 Å². The van der Waals surface area contributed by atoms with Gasteiger partial charge in [0.1, 0.15) is 12.4 Å². The van der Waals surface area contributed by atoms with Crippen LogP contribution in [0, 0.1) is 5.82 Å². The number of rotatable bonds is 3. The van der Waals surface area contributed by atoms with Crippen LogP contribution in [0.1, 0.15) is 27.9 Å². The average molecular weight is 299 g/mol. The standard InChI is InChI=1S/C17H14FNO3/c18-14-3-1-2-11(8-14)10-22-17(21)13-4-6-15-12(9-13)5-7-16(20)19-15/h1-4,6,8-9H,5,7,10H2,(H,19,20). The summed E-state index contributed by atoms with van der Waals surface area (Å²) in [6, 6.07) is 11.0. The van der Waals surface area contributed by atoms with Crippen LogP contribution in [0.3, 0.4) is 0 Å². The topological polar surface area (TPSA) is 55.4 Å². The summed E-state index contributed by atoms with van der Waals surface area (Å²) in [7, 11) is 0. The molecule has 4 nitrogen and oxygen atoms in total. The van der Waals surface area contributed by atoms with Gasteiger partial charge in [0.05, 0.1) is 5.56 Å². The summed E-state index contributed by atoms with van der Waals surface area (Å²) in [6.45, 7) is 0.0183. The van der Waals surface area contributed by atoms with Gasteiger partial charge in [-0.3, -0.25) is 4.79 Å². The molecule has 0 radical (unpaired) electrons. The molecule has 1 amide bonds.